The molecule has 1 saturated heterocycles. The molecule has 4 rings (SSSR count). The fourth-order valence-corrected chi connectivity index (χ4v) is 3.47. The molecule has 2 aromatic carbocycles. The van der Waals surface area contributed by atoms with E-state index >= 15 is 0 Å². The van der Waals surface area contributed by atoms with Gasteiger partial charge in [-0.15, -0.1) is 5.10 Å². The summed E-state index contributed by atoms with van der Waals surface area (Å²) in [6.07, 6.45) is 3.53. The van der Waals surface area contributed by atoms with Crippen LogP contribution in [0.1, 0.15) is 25.3 Å². The lowest BCUT2D eigenvalue weighted by atomic mass is 10.0. The molecule has 1 aliphatic heterocycles. The summed E-state index contributed by atoms with van der Waals surface area (Å²) in [6.45, 7) is 5.66. The summed E-state index contributed by atoms with van der Waals surface area (Å²) >= 11 is 0. The Hall–Kier alpha value is -3.00. The molecule has 1 atom stereocenters. The Morgan fingerprint density at radius 3 is 2.59 bits per heavy atom. The first-order chi connectivity index (χ1) is 13.9. The molecule has 0 amide bonds. The number of rotatable bonds is 6. The summed E-state index contributed by atoms with van der Waals surface area (Å²) in [7, 11) is 0. The maximum absolute atomic E-state index is 13.4. The molecule has 1 aliphatic rings. The second-order valence-electron chi connectivity index (χ2n) is 7.61. The summed E-state index contributed by atoms with van der Waals surface area (Å²) in [4.78, 5) is 4.18. The first-order valence-corrected chi connectivity index (χ1v) is 9.53. The van der Waals surface area contributed by atoms with Gasteiger partial charge < -0.3 is 15.4 Å². The van der Waals surface area contributed by atoms with Crippen molar-refractivity contribution in [2.45, 2.75) is 32.3 Å². The van der Waals surface area contributed by atoms with Crippen LogP contribution in [0, 0.1) is 18.6 Å². The van der Waals surface area contributed by atoms with Gasteiger partial charge >= 0.3 is 0 Å². The van der Waals surface area contributed by atoms with E-state index in [4.69, 9.17) is 4.74 Å². The van der Waals surface area contributed by atoms with Gasteiger partial charge in [-0.3, -0.25) is 0 Å². The van der Waals surface area contributed by atoms with Crippen molar-refractivity contribution >= 4 is 17.3 Å². The minimum absolute atomic E-state index is 0.141. The third-order valence-electron chi connectivity index (χ3n) is 4.90. The van der Waals surface area contributed by atoms with E-state index in [1.54, 1.807) is 0 Å². The number of nitrogens with one attached hydrogen (secondary N) is 2. The summed E-state index contributed by atoms with van der Waals surface area (Å²) in [5.74, 6) is -1.00. The zero-order valence-corrected chi connectivity index (χ0v) is 16.4. The average molecular weight is 399 g/mol. The number of aryl methyl sites for hydroxylation is 1. The standard InChI is InChI=1S/C21H23F2N5O/c1-14-6-17(24-12-21(2)4-3-5-29-21)11-18(7-14)26-20-25-13-28(27-20)19-9-15(22)8-16(23)10-19/h6-11,13,24H,3-5,12H2,1-2H3,(H,26,27). The van der Waals surface area contributed by atoms with Gasteiger partial charge in [-0.2, -0.15) is 4.98 Å². The lowest BCUT2D eigenvalue weighted by molar-refractivity contribution is 0.0315. The summed E-state index contributed by atoms with van der Waals surface area (Å²) in [6, 6.07) is 9.21. The van der Waals surface area contributed by atoms with Gasteiger partial charge in [0.05, 0.1) is 11.3 Å². The number of nitrogens with zero attached hydrogens (tertiary/aromatic N) is 3. The second-order valence-corrected chi connectivity index (χ2v) is 7.61. The maximum atomic E-state index is 13.4. The van der Waals surface area contributed by atoms with E-state index in [2.05, 4.69) is 33.7 Å². The molecule has 8 heteroatoms. The minimum atomic E-state index is -0.667. The SMILES string of the molecule is Cc1cc(NCC2(C)CCCO2)cc(Nc2ncn(-c3cc(F)cc(F)c3)n2)c1. The van der Waals surface area contributed by atoms with E-state index in [1.807, 2.05) is 19.1 Å². The number of hydrogen-bond acceptors (Lipinski definition) is 5. The number of ether oxygens (including phenoxy) is 1. The van der Waals surface area contributed by atoms with Crippen molar-refractivity contribution in [3.05, 3.63) is 59.9 Å². The lowest BCUT2D eigenvalue weighted by Gasteiger charge is -2.24. The van der Waals surface area contributed by atoms with Crippen molar-refractivity contribution in [3.63, 3.8) is 0 Å². The Morgan fingerprint density at radius 2 is 1.86 bits per heavy atom. The summed E-state index contributed by atoms with van der Waals surface area (Å²) < 4.78 is 34.0. The van der Waals surface area contributed by atoms with E-state index in [0.717, 1.165) is 49.0 Å². The monoisotopic (exact) mass is 399 g/mol. The van der Waals surface area contributed by atoms with Gasteiger partial charge in [0.25, 0.3) is 0 Å². The highest BCUT2D eigenvalue weighted by atomic mass is 19.1. The highest BCUT2D eigenvalue weighted by molar-refractivity contribution is 5.63. The van der Waals surface area contributed by atoms with Crippen LogP contribution in [0.4, 0.5) is 26.1 Å². The quantitative estimate of drug-likeness (QED) is 0.635. The second kappa shape index (κ2) is 7.79. The Kier molecular flexibility index (Phi) is 5.19. The van der Waals surface area contributed by atoms with E-state index < -0.39 is 11.6 Å². The predicted octanol–water partition coefficient (Wildman–Crippen LogP) is 4.58. The van der Waals surface area contributed by atoms with Gasteiger partial charge in [0.2, 0.25) is 5.95 Å². The molecule has 0 saturated carbocycles. The van der Waals surface area contributed by atoms with Crippen molar-refractivity contribution in [3.8, 4) is 5.69 Å². The fourth-order valence-electron chi connectivity index (χ4n) is 3.47. The molecule has 3 aromatic rings. The predicted molar refractivity (Wildman–Crippen MR) is 108 cm³/mol. The number of anilines is 3. The Balaban J connectivity index is 1.48. The highest BCUT2D eigenvalue weighted by Gasteiger charge is 2.29. The fraction of sp³-hybridized carbons (Fsp3) is 0.333. The Morgan fingerprint density at radius 1 is 1.10 bits per heavy atom. The third-order valence-corrected chi connectivity index (χ3v) is 4.90. The van der Waals surface area contributed by atoms with E-state index in [1.165, 1.54) is 23.1 Å². The molecule has 0 bridgehead atoms. The summed E-state index contributed by atoms with van der Waals surface area (Å²) in [5.41, 5.74) is 2.97. The molecule has 29 heavy (non-hydrogen) atoms. The number of benzene rings is 2. The molecule has 6 nitrogen and oxygen atoms in total. The molecule has 2 N–H and O–H groups in total. The molecule has 1 unspecified atom stereocenters. The van der Waals surface area contributed by atoms with E-state index in [0.29, 0.717) is 5.95 Å². The van der Waals surface area contributed by atoms with E-state index in [9.17, 15) is 8.78 Å². The normalized spacial score (nSPS) is 18.8. The van der Waals surface area contributed by atoms with Crippen LogP contribution in [0.5, 0.6) is 0 Å². The topological polar surface area (TPSA) is 64.0 Å². The first-order valence-electron chi connectivity index (χ1n) is 9.53. The summed E-state index contributed by atoms with van der Waals surface area (Å²) in [5, 5.41) is 10.8. The van der Waals surface area contributed by atoms with Crippen LogP contribution in [0.25, 0.3) is 5.69 Å². The maximum Gasteiger partial charge on any atom is 0.246 e. The van der Waals surface area contributed by atoms with Crippen LogP contribution in [0.15, 0.2) is 42.7 Å². The average Bonchev–Trinajstić information content (AvgIpc) is 3.29. The third kappa shape index (κ3) is 4.71. The number of halogens is 2. The van der Waals surface area contributed by atoms with Gasteiger partial charge in [-0.25, -0.2) is 13.5 Å². The van der Waals surface area contributed by atoms with Crippen LogP contribution in [0.2, 0.25) is 0 Å². The van der Waals surface area contributed by atoms with Gasteiger partial charge in [-0.05, 0) is 62.6 Å². The van der Waals surface area contributed by atoms with Crippen LogP contribution in [-0.4, -0.2) is 33.5 Å². The van der Waals surface area contributed by atoms with Crippen LogP contribution in [0.3, 0.4) is 0 Å². The van der Waals surface area contributed by atoms with Crippen LogP contribution >= 0.6 is 0 Å². The molecule has 2 heterocycles. The van der Waals surface area contributed by atoms with Crippen LogP contribution in [-0.2, 0) is 4.74 Å². The molecule has 1 aromatic heterocycles. The lowest BCUT2D eigenvalue weighted by Crippen LogP contribution is -2.32. The van der Waals surface area contributed by atoms with Gasteiger partial charge in [0, 0.05) is 30.6 Å². The zero-order chi connectivity index (χ0) is 20.4. The molecular formula is C21H23F2N5O. The minimum Gasteiger partial charge on any atom is -0.382 e. The van der Waals surface area contributed by atoms with Gasteiger partial charge in [-0.1, -0.05) is 0 Å². The van der Waals surface area contributed by atoms with Crippen molar-refractivity contribution in [1.82, 2.24) is 14.8 Å². The number of hydrogen-bond donors (Lipinski definition) is 2. The van der Waals surface area contributed by atoms with E-state index in [-0.39, 0.29) is 11.3 Å². The molecular weight excluding hydrogens is 376 g/mol. The largest absolute Gasteiger partial charge is 0.382 e. The van der Waals surface area contributed by atoms with Crippen molar-refractivity contribution in [1.29, 1.82) is 0 Å². The Bertz CT molecular complexity index is 994. The van der Waals surface area contributed by atoms with Crippen molar-refractivity contribution in [2.75, 3.05) is 23.8 Å². The van der Waals surface area contributed by atoms with Gasteiger partial charge in [0.15, 0.2) is 0 Å². The first kappa shape index (κ1) is 19.3. The Labute approximate surface area is 167 Å². The number of aromatic nitrogens is 3. The smallest absolute Gasteiger partial charge is 0.246 e. The molecule has 1 fully saturated rings. The van der Waals surface area contributed by atoms with Crippen molar-refractivity contribution in [2.24, 2.45) is 0 Å². The highest BCUT2D eigenvalue weighted by Crippen LogP contribution is 2.27. The molecule has 0 spiro atoms. The van der Waals surface area contributed by atoms with Crippen molar-refractivity contribution < 1.29 is 13.5 Å². The van der Waals surface area contributed by atoms with Gasteiger partial charge in [0.1, 0.15) is 18.0 Å². The molecule has 0 aliphatic carbocycles. The molecule has 152 valence electrons. The molecule has 0 radical (unpaired) electrons. The zero-order valence-electron chi connectivity index (χ0n) is 16.4. The van der Waals surface area contributed by atoms with Crippen LogP contribution < -0.4 is 10.6 Å².